The Bertz CT molecular complexity index is 762. The number of nitrogens with zero attached hydrogens (tertiary/aromatic N) is 2. The molecule has 0 aliphatic rings. The topological polar surface area (TPSA) is 84.2 Å². The van der Waals surface area contributed by atoms with E-state index in [1.807, 2.05) is 24.3 Å². The molecule has 23 heavy (non-hydrogen) atoms. The summed E-state index contributed by atoms with van der Waals surface area (Å²) in [5.41, 5.74) is 0.892. The lowest BCUT2D eigenvalue weighted by Crippen LogP contribution is -2.16. The van der Waals surface area contributed by atoms with Gasteiger partial charge in [-0.25, -0.2) is 4.98 Å². The molecular formula is C16H15N3O3S. The van der Waals surface area contributed by atoms with E-state index in [0.717, 1.165) is 10.6 Å². The molecule has 2 rings (SSSR count). The van der Waals surface area contributed by atoms with Crippen LogP contribution in [0.4, 0.5) is 0 Å². The van der Waals surface area contributed by atoms with E-state index >= 15 is 0 Å². The molecule has 6 nitrogen and oxygen atoms in total. The van der Waals surface area contributed by atoms with E-state index < -0.39 is 0 Å². The number of nitriles is 1. The maximum Gasteiger partial charge on any atom is 0.262 e. The molecule has 0 saturated heterocycles. The van der Waals surface area contributed by atoms with Gasteiger partial charge < -0.3 is 14.8 Å². The number of benzene rings is 1. The van der Waals surface area contributed by atoms with Gasteiger partial charge in [-0.05, 0) is 23.8 Å². The smallest absolute Gasteiger partial charge is 0.262 e. The van der Waals surface area contributed by atoms with E-state index in [2.05, 4.69) is 10.3 Å². The zero-order valence-electron chi connectivity index (χ0n) is 12.7. The molecule has 7 heteroatoms. The van der Waals surface area contributed by atoms with Crippen molar-refractivity contribution in [1.82, 2.24) is 10.3 Å². The Kier molecular flexibility index (Phi) is 5.72. The van der Waals surface area contributed by atoms with Crippen molar-refractivity contribution in [3.63, 3.8) is 0 Å². The van der Waals surface area contributed by atoms with Crippen LogP contribution in [0.15, 0.2) is 24.4 Å². The van der Waals surface area contributed by atoms with Gasteiger partial charge in [0, 0.05) is 7.05 Å². The third-order valence-corrected chi connectivity index (χ3v) is 3.83. The molecule has 0 unspecified atom stereocenters. The van der Waals surface area contributed by atoms with Gasteiger partial charge in [-0.15, -0.1) is 11.3 Å². The van der Waals surface area contributed by atoms with Crippen LogP contribution < -0.4 is 14.8 Å². The second-order valence-corrected chi connectivity index (χ2v) is 5.39. The van der Waals surface area contributed by atoms with Gasteiger partial charge in [-0.3, -0.25) is 4.79 Å². The summed E-state index contributed by atoms with van der Waals surface area (Å²) in [6, 6.07) is 7.31. The van der Waals surface area contributed by atoms with Crippen LogP contribution in [-0.4, -0.2) is 31.7 Å². The first kappa shape index (κ1) is 16.5. The van der Waals surface area contributed by atoms with E-state index in [-0.39, 0.29) is 12.5 Å². The molecule has 1 amide bonds. The highest BCUT2D eigenvalue weighted by atomic mass is 32.1. The number of carbonyl (C=O) groups excluding carboxylic acids is 1. The van der Waals surface area contributed by atoms with Crippen molar-refractivity contribution < 1.29 is 14.3 Å². The standard InChI is InChI=1S/C16H15N3O3S/c1-18-16(20)14-10-19-15(23-14)6-4-11-3-5-12(22-8-7-17)13(9-11)21-2/h3-6,9-10H,8H2,1-2H3,(H,18,20). The third-order valence-electron chi connectivity index (χ3n) is 2.87. The van der Waals surface area contributed by atoms with Gasteiger partial charge in [0.15, 0.2) is 18.1 Å². The van der Waals surface area contributed by atoms with E-state index in [4.69, 9.17) is 14.7 Å². The molecule has 0 aliphatic carbocycles. The molecule has 1 aromatic carbocycles. The summed E-state index contributed by atoms with van der Waals surface area (Å²) >= 11 is 1.31. The number of hydrogen-bond donors (Lipinski definition) is 1. The molecule has 1 heterocycles. The van der Waals surface area contributed by atoms with Crippen molar-refractivity contribution >= 4 is 29.4 Å². The van der Waals surface area contributed by atoms with Crippen LogP contribution in [0.5, 0.6) is 11.5 Å². The van der Waals surface area contributed by atoms with Crippen LogP contribution in [-0.2, 0) is 0 Å². The number of ether oxygens (including phenoxy) is 2. The molecule has 0 bridgehead atoms. The van der Waals surface area contributed by atoms with Gasteiger partial charge in [0.05, 0.1) is 13.3 Å². The first-order valence-electron chi connectivity index (χ1n) is 6.71. The first-order valence-corrected chi connectivity index (χ1v) is 7.53. The molecule has 1 N–H and O–H groups in total. The van der Waals surface area contributed by atoms with Crippen LogP contribution in [0.2, 0.25) is 0 Å². The Hall–Kier alpha value is -2.85. The minimum atomic E-state index is -0.150. The average Bonchev–Trinajstić information content (AvgIpc) is 3.06. The lowest BCUT2D eigenvalue weighted by atomic mass is 10.2. The minimum absolute atomic E-state index is 0.0348. The number of rotatable bonds is 6. The fourth-order valence-corrected chi connectivity index (χ4v) is 2.54. The van der Waals surface area contributed by atoms with E-state index in [1.165, 1.54) is 11.3 Å². The van der Waals surface area contributed by atoms with Gasteiger partial charge in [0.25, 0.3) is 5.91 Å². The minimum Gasteiger partial charge on any atom is -0.493 e. The monoisotopic (exact) mass is 329 g/mol. The summed E-state index contributed by atoms with van der Waals surface area (Å²) in [5, 5.41) is 11.8. The second kappa shape index (κ2) is 7.96. The fraction of sp³-hybridized carbons (Fsp3) is 0.188. The van der Waals surface area contributed by atoms with Crippen molar-refractivity contribution in [3.05, 3.63) is 39.8 Å². The van der Waals surface area contributed by atoms with E-state index in [9.17, 15) is 4.79 Å². The van der Waals surface area contributed by atoms with Gasteiger partial charge in [0.1, 0.15) is 16.0 Å². The van der Waals surface area contributed by atoms with Gasteiger partial charge in [0.2, 0.25) is 0 Å². The summed E-state index contributed by atoms with van der Waals surface area (Å²) in [4.78, 5) is 16.2. The summed E-state index contributed by atoms with van der Waals surface area (Å²) in [7, 11) is 3.12. The molecule has 0 saturated carbocycles. The summed E-state index contributed by atoms with van der Waals surface area (Å²) in [6.07, 6.45) is 5.23. The molecule has 118 valence electrons. The highest BCUT2D eigenvalue weighted by molar-refractivity contribution is 7.14. The summed E-state index contributed by atoms with van der Waals surface area (Å²) in [6.45, 7) is -0.0348. The molecule has 0 aliphatic heterocycles. The highest BCUT2D eigenvalue weighted by Gasteiger charge is 2.07. The van der Waals surface area contributed by atoms with Crippen LogP contribution in [0, 0.1) is 11.3 Å². The van der Waals surface area contributed by atoms with Crippen LogP contribution in [0.25, 0.3) is 12.2 Å². The van der Waals surface area contributed by atoms with Crippen LogP contribution in [0.1, 0.15) is 20.2 Å². The number of aromatic nitrogens is 1. The fourth-order valence-electron chi connectivity index (χ4n) is 1.78. The summed E-state index contributed by atoms with van der Waals surface area (Å²) < 4.78 is 10.5. The van der Waals surface area contributed by atoms with Crippen molar-refractivity contribution in [2.24, 2.45) is 0 Å². The largest absolute Gasteiger partial charge is 0.493 e. The van der Waals surface area contributed by atoms with Crippen molar-refractivity contribution in [2.45, 2.75) is 0 Å². The Morgan fingerprint density at radius 2 is 2.26 bits per heavy atom. The highest BCUT2D eigenvalue weighted by Crippen LogP contribution is 2.29. The van der Waals surface area contributed by atoms with Crippen LogP contribution >= 0.6 is 11.3 Å². The van der Waals surface area contributed by atoms with Crippen molar-refractivity contribution in [3.8, 4) is 17.6 Å². The lowest BCUT2D eigenvalue weighted by molar-refractivity contribution is 0.0967. The Balaban J connectivity index is 2.14. The Morgan fingerprint density at radius 3 is 2.96 bits per heavy atom. The van der Waals surface area contributed by atoms with E-state index in [0.29, 0.717) is 16.4 Å². The number of amides is 1. The van der Waals surface area contributed by atoms with Gasteiger partial charge in [-0.1, -0.05) is 12.1 Å². The Morgan fingerprint density at radius 1 is 1.43 bits per heavy atom. The molecule has 0 spiro atoms. The SMILES string of the molecule is CNC(=O)c1cnc(C=Cc2ccc(OCC#N)c(OC)c2)s1. The molecule has 2 aromatic rings. The molecule has 0 fully saturated rings. The normalized spacial score (nSPS) is 10.3. The third kappa shape index (κ3) is 4.31. The lowest BCUT2D eigenvalue weighted by Gasteiger charge is -2.08. The van der Waals surface area contributed by atoms with Crippen molar-refractivity contribution in [2.75, 3.05) is 20.8 Å². The van der Waals surface area contributed by atoms with Gasteiger partial charge >= 0.3 is 0 Å². The predicted molar refractivity (Wildman–Crippen MR) is 88.5 cm³/mol. The Labute approximate surface area is 138 Å². The number of thiazole rings is 1. The van der Waals surface area contributed by atoms with E-state index in [1.54, 1.807) is 32.5 Å². The number of carbonyl (C=O) groups is 1. The molecular weight excluding hydrogens is 314 g/mol. The second-order valence-electron chi connectivity index (χ2n) is 4.33. The zero-order chi connectivity index (χ0) is 16.7. The number of methoxy groups -OCH3 is 1. The maximum atomic E-state index is 11.5. The van der Waals surface area contributed by atoms with Gasteiger partial charge in [-0.2, -0.15) is 5.26 Å². The van der Waals surface area contributed by atoms with Crippen LogP contribution in [0.3, 0.4) is 0 Å². The average molecular weight is 329 g/mol. The quantitative estimate of drug-likeness (QED) is 0.880. The maximum absolute atomic E-state index is 11.5. The molecule has 0 radical (unpaired) electrons. The summed E-state index contributed by atoms with van der Waals surface area (Å²) in [5.74, 6) is 0.915. The molecule has 0 atom stereocenters. The predicted octanol–water partition coefficient (Wildman–Crippen LogP) is 2.58. The molecule has 1 aromatic heterocycles. The first-order chi connectivity index (χ1) is 11.2. The number of hydrogen-bond acceptors (Lipinski definition) is 6. The number of nitrogens with one attached hydrogen (secondary N) is 1. The van der Waals surface area contributed by atoms with Crippen molar-refractivity contribution in [1.29, 1.82) is 5.26 Å². The zero-order valence-corrected chi connectivity index (χ0v) is 13.5.